The number of hydrogen-bond donors (Lipinski definition) is 1. The summed E-state index contributed by atoms with van der Waals surface area (Å²) in [6.45, 7) is 3.51. The maximum absolute atomic E-state index is 10.8. The molecule has 1 aromatic carbocycles. The molecule has 0 spiro atoms. The number of carbonyl (C=O) groups is 1. The molecule has 0 saturated carbocycles. The summed E-state index contributed by atoms with van der Waals surface area (Å²) in [5, 5.41) is 2.84. The van der Waals surface area contributed by atoms with Crippen LogP contribution in [0.25, 0.3) is 0 Å². The number of benzene rings is 1. The highest BCUT2D eigenvalue weighted by molar-refractivity contribution is 5.73. The molecule has 1 aromatic rings. The molecule has 78 valence electrons. The third-order valence-electron chi connectivity index (χ3n) is 2.11. The summed E-state index contributed by atoms with van der Waals surface area (Å²) in [7, 11) is 0. The molecule has 0 aromatic heterocycles. The highest BCUT2D eigenvalue weighted by Gasteiger charge is 2.04. The fraction of sp³-hybridized carbons (Fsp3) is 0.308. The topological polar surface area (TPSA) is 29.1 Å². The Morgan fingerprint density at radius 1 is 1.47 bits per heavy atom. The molecule has 1 N–H and O–H groups in total. The van der Waals surface area contributed by atoms with Crippen molar-refractivity contribution in [3.63, 3.8) is 0 Å². The predicted molar refractivity (Wildman–Crippen MR) is 61.4 cm³/mol. The van der Waals surface area contributed by atoms with Crippen LogP contribution in [-0.2, 0) is 11.2 Å². The molecule has 2 heteroatoms. The van der Waals surface area contributed by atoms with Crippen molar-refractivity contribution in [1.29, 1.82) is 0 Å². The Bertz CT molecular complexity index is 373. The van der Waals surface area contributed by atoms with Crippen LogP contribution in [0.5, 0.6) is 0 Å². The first-order valence-corrected chi connectivity index (χ1v) is 4.94. The smallest absolute Gasteiger partial charge is 0.217 e. The summed E-state index contributed by atoms with van der Waals surface area (Å²) < 4.78 is 0. The first kappa shape index (κ1) is 11.3. The average Bonchev–Trinajstić information content (AvgIpc) is 2.17. The van der Waals surface area contributed by atoms with Gasteiger partial charge in [0, 0.05) is 18.5 Å². The third kappa shape index (κ3) is 3.86. The van der Waals surface area contributed by atoms with Crippen molar-refractivity contribution in [2.24, 2.45) is 0 Å². The van der Waals surface area contributed by atoms with E-state index in [0.717, 1.165) is 12.0 Å². The molecule has 2 nitrogen and oxygen atoms in total. The van der Waals surface area contributed by atoms with E-state index in [2.05, 4.69) is 11.2 Å². The van der Waals surface area contributed by atoms with E-state index in [1.165, 1.54) is 12.5 Å². The van der Waals surface area contributed by atoms with Crippen molar-refractivity contribution < 1.29 is 4.79 Å². The minimum atomic E-state index is 0.00254. The summed E-state index contributed by atoms with van der Waals surface area (Å²) in [4.78, 5) is 10.8. The van der Waals surface area contributed by atoms with Crippen molar-refractivity contribution >= 4 is 5.91 Å². The molecule has 1 atom stereocenters. The first-order chi connectivity index (χ1) is 7.11. The zero-order chi connectivity index (χ0) is 11.3. The molecule has 1 rings (SSSR count). The van der Waals surface area contributed by atoms with Gasteiger partial charge in [0.15, 0.2) is 0 Å². The third-order valence-corrected chi connectivity index (χ3v) is 2.11. The van der Waals surface area contributed by atoms with Crippen LogP contribution in [0.4, 0.5) is 0 Å². The Labute approximate surface area is 90.7 Å². The normalized spacial score (nSPS) is 11.5. The van der Waals surface area contributed by atoms with Crippen molar-refractivity contribution in [3.05, 3.63) is 35.4 Å². The number of nitrogens with one attached hydrogen (secondary N) is 1. The van der Waals surface area contributed by atoms with Gasteiger partial charge in [-0.1, -0.05) is 18.1 Å². The van der Waals surface area contributed by atoms with Crippen molar-refractivity contribution in [2.45, 2.75) is 26.3 Å². The van der Waals surface area contributed by atoms with E-state index >= 15 is 0 Å². The fourth-order valence-corrected chi connectivity index (χ4v) is 1.49. The van der Waals surface area contributed by atoms with E-state index in [-0.39, 0.29) is 11.9 Å². The van der Waals surface area contributed by atoms with E-state index < -0.39 is 0 Å². The average molecular weight is 201 g/mol. The second kappa shape index (κ2) is 5.21. The molecule has 0 fully saturated rings. The molecule has 15 heavy (non-hydrogen) atoms. The van der Waals surface area contributed by atoms with Crippen LogP contribution in [-0.4, -0.2) is 11.9 Å². The molecular formula is C13H15NO. The van der Waals surface area contributed by atoms with E-state index in [9.17, 15) is 4.79 Å². The van der Waals surface area contributed by atoms with Gasteiger partial charge in [0.1, 0.15) is 0 Å². The highest BCUT2D eigenvalue weighted by atomic mass is 16.1. The van der Waals surface area contributed by atoms with Crippen LogP contribution in [0.3, 0.4) is 0 Å². The summed E-state index contributed by atoms with van der Waals surface area (Å²) in [6.07, 6.45) is 6.08. The predicted octanol–water partition coefficient (Wildman–Crippen LogP) is 1.74. The number of hydrogen-bond acceptors (Lipinski definition) is 1. The number of carbonyl (C=O) groups excluding carboxylic acids is 1. The van der Waals surface area contributed by atoms with Crippen LogP contribution >= 0.6 is 0 Å². The lowest BCUT2D eigenvalue weighted by atomic mass is 10.1. The molecule has 0 aliphatic carbocycles. The standard InChI is InChI=1S/C13H15NO/c1-4-12-5-7-13(8-6-12)9-10(2)14-11(3)15/h1,5-8,10H,9H2,2-3H3,(H,14,15)/t10-/m0/s1. The van der Waals surface area contributed by atoms with E-state index in [4.69, 9.17) is 6.42 Å². The zero-order valence-corrected chi connectivity index (χ0v) is 9.08. The summed E-state index contributed by atoms with van der Waals surface area (Å²) in [6, 6.07) is 7.96. The quantitative estimate of drug-likeness (QED) is 0.741. The number of amides is 1. The van der Waals surface area contributed by atoms with Gasteiger partial charge in [0.2, 0.25) is 5.91 Å². The van der Waals surface area contributed by atoms with E-state index in [0.29, 0.717) is 0 Å². The van der Waals surface area contributed by atoms with Gasteiger partial charge in [-0.25, -0.2) is 0 Å². The Kier molecular flexibility index (Phi) is 3.93. The van der Waals surface area contributed by atoms with Gasteiger partial charge in [-0.3, -0.25) is 4.79 Å². The SMILES string of the molecule is C#Cc1ccc(C[C@H](C)NC(C)=O)cc1. The van der Waals surface area contributed by atoms with Crippen molar-refractivity contribution in [2.75, 3.05) is 0 Å². The second-order valence-corrected chi connectivity index (χ2v) is 3.65. The van der Waals surface area contributed by atoms with Gasteiger partial charge in [-0.2, -0.15) is 0 Å². The molecule has 0 radical (unpaired) electrons. The monoisotopic (exact) mass is 201 g/mol. The lowest BCUT2D eigenvalue weighted by molar-refractivity contribution is -0.119. The lowest BCUT2D eigenvalue weighted by Gasteiger charge is -2.12. The van der Waals surface area contributed by atoms with Gasteiger partial charge in [0.05, 0.1) is 0 Å². The fourth-order valence-electron chi connectivity index (χ4n) is 1.49. The van der Waals surface area contributed by atoms with Gasteiger partial charge in [0.25, 0.3) is 0 Å². The van der Waals surface area contributed by atoms with E-state index in [1.807, 2.05) is 31.2 Å². The number of terminal acetylenes is 1. The minimum Gasteiger partial charge on any atom is -0.354 e. The highest BCUT2D eigenvalue weighted by Crippen LogP contribution is 2.06. The Hall–Kier alpha value is -1.75. The van der Waals surface area contributed by atoms with Gasteiger partial charge in [-0.15, -0.1) is 6.42 Å². The van der Waals surface area contributed by atoms with Gasteiger partial charge >= 0.3 is 0 Å². The van der Waals surface area contributed by atoms with Crippen molar-refractivity contribution in [3.8, 4) is 12.3 Å². The molecule has 1 amide bonds. The molecule has 0 heterocycles. The Morgan fingerprint density at radius 2 is 2.07 bits per heavy atom. The molecule has 0 aliphatic heterocycles. The Morgan fingerprint density at radius 3 is 2.53 bits per heavy atom. The maximum Gasteiger partial charge on any atom is 0.217 e. The molecule has 0 aliphatic rings. The zero-order valence-electron chi connectivity index (χ0n) is 9.08. The molecule has 0 unspecified atom stereocenters. The van der Waals surface area contributed by atoms with Gasteiger partial charge < -0.3 is 5.32 Å². The van der Waals surface area contributed by atoms with Gasteiger partial charge in [-0.05, 0) is 31.0 Å². The molecular weight excluding hydrogens is 186 g/mol. The maximum atomic E-state index is 10.8. The van der Waals surface area contributed by atoms with Crippen LogP contribution in [0.2, 0.25) is 0 Å². The summed E-state index contributed by atoms with van der Waals surface area (Å²) >= 11 is 0. The second-order valence-electron chi connectivity index (χ2n) is 3.65. The van der Waals surface area contributed by atoms with Crippen LogP contribution in [0, 0.1) is 12.3 Å². The molecule has 0 bridgehead atoms. The largest absolute Gasteiger partial charge is 0.354 e. The van der Waals surface area contributed by atoms with Crippen molar-refractivity contribution in [1.82, 2.24) is 5.32 Å². The summed E-state index contributed by atoms with van der Waals surface area (Å²) in [5.41, 5.74) is 2.06. The number of rotatable bonds is 3. The lowest BCUT2D eigenvalue weighted by Crippen LogP contribution is -2.31. The molecule has 0 saturated heterocycles. The minimum absolute atomic E-state index is 0.00254. The van der Waals surface area contributed by atoms with E-state index in [1.54, 1.807) is 0 Å². The Balaban J connectivity index is 2.58. The van der Waals surface area contributed by atoms with Crippen LogP contribution in [0.1, 0.15) is 25.0 Å². The summed E-state index contributed by atoms with van der Waals surface area (Å²) in [5.74, 6) is 2.57. The first-order valence-electron chi connectivity index (χ1n) is 4.94. The van der Waals surface area contributed by atoms with Crippen LogP contribution < -0.4 is 5.32 Å². The van der Waals surface area contributed by atoms with Crippen LogP contribution in [0.15, 0.2) is 24.3 Å².